The molecule has 1 amide bonds. The van der Waals surface area contributed by atoms with Crippen LogP contribution >= 0.6 is 0 Å². The first-order chi connectivity index (χ1) is 12.0. The van der Waals surface area contributed by atoms with Gasteiger partial charge in [0.15, 0.2) is 6.10 Å². The van der Waals surface area contributed by atoms with Crippen molar-refractivity contribution in [2.24, 2.45) is 0 Å². The molecule has 26 heavy (non-hydrogen) atoms. The van der Waals surface area contributed by atoms with Crippen LogP contribution in [-0.2, 0) is 17.1 Å². The van der Waals surface area contributed by atoms with Crippen LogP contribution in [0.1, 0.15) is 18.1 Å². The SMILES string of the molecule is CC(Oc1ccccc1)C(=O)Nc1cc(C(F)(F)F)cc(C(F)(F)F)c1. The molecule has 0 fully saturated rings. The largest absolute Gasteiger partial charge is 0.481 e. The summed E-state index contributed by atoms with van der Waals surface area (Å²) in [7, 11) is 0. The number of benzene rings is 2. The minimum absolute atomic E-state index is 0.0143. The van der Waals surface area contributed by atoms with Gasteiger partial charge in [0.2, 0.25) is 0 Å². The van der Waals surface area contributed by atoms with Gasteiger partial charge in [-0.2, -0.15) is 26.3 Å². The maximum atomic E-state index is 12.8. The third-order valence-electron chi connectivity index (χ3n) is 3.28. The highest BCUT2D eigenvalue weighted by molar-refractivity contribution is 5.94. The molecule has 2 aromatic rings. The number of para-hydroxylation sites is 1. The zero-order valence-electron chi connectivity index (χ0n) is 13.3. The van der Waals surface area contributed by atoms with E-state index in [9.17, 15) is 31.1 Å². The Morgan fingerprint density at radius 2 is 1.42 bits per heavy atom. The van der Waals surface area contributed by atoms with Crippen LogP contribution in [0.2, 0.25) is 0 Å². The summed E-state index contributed by atoms with van der Waals surface area (Å²) in [5.74, 6) is -0.559. The number of alkyl halides is 6. The van der Waals surface area contributed by atoms with Crippen LogP contribution in [0.25, 0.3) is 0 Å². The number of ether oxygens (including phenoxy) is 1. The smallest absolute Gasteiger partial charge is 0.416 e. The molecule has 0 saturated carbocycles. The average molecular weight is 377 g/mol. The van der Waals surface area contributed by atoms with Crippen LogP contribution in [0.15, 0.2) is 48.5 Å². The summed E-state index contributed by atoms with van der Waals surface area (Å²) in [5, 5.41) is 2.02. The van der Waals surface area contributed by atoms with Gasteiger partial charge in [-0.3, -0.25) is 4.79 Å². The first kappa shape index (κ1) is 19.6. The highest BCUT2D eigenvalue weighted by Crippen LogP contribution is 2.37. The van der Waals surface area contributed by atoms with Gasteiger partial charge < -0.3 is 10.1 Å². The molecular formula is C17H13F6NO2. The standard InChI is InChI=1S/C17H13F6NO2/c1-10(26-14-5-3-2-4-6-14)15(25)24-13-8-11(16(18,19)20)7-12(9-13)17(21,22)23/h2-10H,1H3,(H,24,25). The molecule has 0 aromatic heterocycles. The Kier molecular flexibility index (Phi) is 5.48. The molecule has 0 radical (unpaired) electrons. The predicted molar refractivity (Wildman–Crippen MR) is 81.6 cm³/mol. The molecule has 0 aliphatic rings. The van der Waals surface area contributed by atoms with Crippen LogP contribution in [0.5, 0.6) is 5.75 Å². The summed E-state index contributed by atoms with van der Waals surface area (Å²) in [5.41, 5.74) is -3.65. The lowest BCUT2D eigenvalue weighted by molar-refractivity contribution is -0.143. The molecule has 0 spiro atoms. The third-order valence-corrected chi connectivity index (χ3v) is 3.28. The van der Waals surface area contributed by atoms with Crippen molar-refractivity contribution in [1.82, 2.24) is 0 Å². The van der Waals surface area contributed by atoms with Crippen molar-refractivity contribution in [1.29, 1.82) is 0 Å². The normalized spacial score (nSPS) is 13.2. The summed E-state index contributed by atoms with van der Waals surface area (Å²) < 4.78 is 82.2. The van der Waals surface area contributed by atoms with Crippen molar-refractivity contribution in [2.45, 2.75) is 25.4 Å². The van der Waals surface area contributed by atoms with E-state index in [4.69, 9.17) is 4.74 Å². The second kappa shape index (κ2) is 7.27. The molecule has 0 saturated heterocycles. The van der Waals surface area contributed by atoms with Crippen molar-refractivity contribution in [3.8, 4) is 5.75 Å². The zero-order chi connectivity index (χ0) is 19.5. The number of rotatable bonds is 4. The topological polar surface area (TPSA) is 38.3 Å². The van der Waals surface area contributed by atoms with E-state index in [1.807, 2.05) is 5.32 Å². The molecule has 2 rings (SSSR count). The number of hydrogen-bond donors (Lipinski definition) is 1. The minimum atomic E-state index is -4.99. The summed E-state index contributed by atoms with van der Waals surface area (Å²) in [4.78, 5) is 12.0. The van der Waals surface area contributed by atoms with Crippen molar-refractivity contribution >= 4 is 11.6 Å². The van der Waals surface area contributed by atoms with Gasteiger partial charge in [0.1, 0.15) is 5.75 Å². The maximum Gasteiger partial charge on any atom is 0.416 e. The maximum absolute atomic E-state index is 12.8. The van der Waals surface area contributed by atoms with Gasteiger partial charge in [0.25, 0.3) is 5.91 Å². The molecule has 140 valence electrons. The van der Waals surface area contributed by atoms with Gasteiger partial charge in [0, 0.05) is 5.69 Å². The fourth-order valence-corrected chi connectivity index (χ4v) is 2.03. The summed E-state index contributed by atoms with van der Waals surface area (Å²) in [6, 6.07) is 8.94. The van der Waals surface area contributed by atoms with Gasteiger partial charge in [0.05, 0.1) is 11.1 Å². The van der Waals surface area contributed by atoms with Crippen LogP contribution in [0.4, 0.5) is 32.0 Å². The predicted octanol–water partition coefficient (Wildman–Crippen LogP) is 5.13. The van der Waals surface area contributed by atoms with Crippen LogP contribution in [0.3, 0.4) is 0 Å². The summed E-state index contributed by atoms with van der Waals surface area (Å²) in [6.07, 6.45) is -11.1. The quantitative estimate of drug-likeness (QED) is 0.751. The molecule has 0 heterocycles. The minimum Gasteiger partial charge on any atom is -0.481 e. The number of carbonyl (C=O) groups excluding carboxylic acids is 1. The Labute approximate surface area is 144 Å². The first-order valence-electron chi connectivity index (χ1n) is 7.29. The average Bonchev–Trinajstić information content (AvgIpc) is 2.53. The summed E-state index contributed by atoms with van der Waals surface area (Å²) >= 11 is 0. The van der Waals surface area contributed by atoms with E-state index in [1.165, 1.54) is 6.92 Å². The Morgan fingerprint density at radius 3 is 1.88 bits per heavy atom. The van der Waals surface area contributed by atoms with E-state index in [-0.39, 0.29) is 6.07 Å². The van der Waals surface area contributed by atoms with Gasteiger partial charge in [-0.1, -0.05) is 18.2 Å². The van der Waals surface area contributed by atoms with Crippen molar-refractivity contribution in [3.05, 3.63) is 59.7 Å². The highest BCUT2D eigenvalue weighted by Gasteiger charge is 2.37. The van der Waals surface area contributed by atoms with E-state index in [1.54, 1.807) is 30.3 Å². The van der Waals surface area contributed by atoms with E-state index in [2.05, 4.69) is 0 Å². The third kappa shape index (κ3) is 5.14. The molecular weight excluding hydrogens is 364 g/mol. The van der Waals surface area contributed by atoms with Crippen molar-refractivity contribution in [2.75, 3.05) is 5.32 Å². The number of amides is 1. The number of carbonyl (C=O) groups is 1. The number of halogens is 6. The molecule has 3 nitrogen and oxygen atoms in total. The van der Waals surface area contributed by atoms with E-state index >= 15 is 0 Å². The van der Waals surface area contributed by atoms with Gasteiger partial charge in [-0.25, -0.2) is 0 Å². The molecule has 1 atom stereocenters. The lowest BCUT2D eigenvalue weighted by Gasteiger charge is -2.17. The highest BCUT2D eigenvalue weighted by atomic mass is 19.4. The molecule has 0 aliphatic carbocycles. The Balaban J connectivity index is 2.23. The second-order valence-electron chi connectivity index (χ2n) is 5.36. The van der Waals surface area contributed by atoms with Crippen molar-refractivity contribution in [3.63, 3.8) is 0 Å². The van der Waals surface area contributed by atoms with Crippen LogP contribution in [0, 0.1) is 0 Å². The van der Waals surface area contributed by atoms with Crippen molar-refractivity contribution < 1.29 is 35.9 Å². The zero-order valence-corrected chi connectivity index (χ0v) is 13.3. The molecule has 1 N–H and O–H groups in total. The number of hydrogen-bond acceptors (Lipinski definition) is 2. The second-order valence-corrected chi connectivity index (χ2v) is 5.36. The van der Waals surface area contributed by atoms with E-state index < -0.39 is 41.2 Å². The summed E-state index contributed by atoms with van der Waals surface area (Å²) in [6.45, 7) is 1.32. The number of nitrogens with one attached hydrogen (secondary N) is 1. The van der Waals surface area contributed by atoms with Gasteiger partial charge in [-0.15, -0.1) is 0 Å². The molecule has 0 aliphatic heterocycles. The Bertz CT molecular complexity index is 739. The lowest BCUT2D eigenvalue weighted by atomic mass is 10.1. The molecule has 1 unspecified atom stereocenters. The van der Waals surface area contributed by atoms with Crippen LogP contribution in [-0.4, -0.2) is 12.0 Å². The van der Waals surface area contributed by atoms with E-state index in [0.717, 1.165) is 0 Å². The fraction of sp³-hybridized carbons (Fsp3) is 0.235. The monoisotopic (exact) mass is 377 g/mol. The van der Waals surface area contributed by atoms with Crippen LogP contribution < -0.4 is 10.1 Å². The molecule has 0 bridgehead atoms. The van der Waals surface area contributed by atoms with Gasteiger partial charge >= 0.3 is 12.4 Å². The van der Waals surface area contributed by atoms with Gasteiger partial charge in [-0.05, 0) is 37.3 Å². The Morgan fingerprint density at radius 1 is 0.923 bits per heavy atom. The molecule has 9 heteroatoms. The number of anilines is 1. The Hall–Kier alpha value is -2.71. The lowest BCUT2D eigenvalue weighted by Crippen LogP contribution is -2.30. The van der Waals surface area contributed by atoms with E-state index in [0.29, 0.717) is 17.9 Å². The first-order valence-corrected chi connectivity index (χ1v) is 7.29. The molecule has 2 aromatic carbocycles. The fourth-order valence-electron chi connectivity index (χ4n) is 2.03.